The highest BCUT2D eigenvalue weighted by Gasteiger charge is 2.05. The van der Waals surface area contributed by atoms with Crippen LogP contribution in [0.3, 0.4) is 0 Å². The molecule has 1 aromatic carbocycles. The number of fused-ring (bicyclic) bond motifs is 1. The molecule has 2 aromatic rings. The van der Waals surface area contributed by atoms with Crippen molar-refractivity contribution in [1.29, 1.82) is 0 Å². The maximum absolute atomic E-state index is 11.2. The first kappa shape index (κ1) is 9.62. The summed E-state index contributed by atoms with van der Waals surface area (Å²) in [6.07, 6.45) is 1.98. The topological polar surface area (TPSA) is 32.9 Å². The number of benzene rings is 1. The van der Waals surface area contributed by atoms with E-state index in [-0.39, 0.29) is 5.56 Å². The Balaban J connectivity index is 2.94. The first-order chi connectivity index (χ1) is 6.72. The molecule has 4 heteroatoms. The van der Waals surface area contributed by atoms with Crippen LogP contribution < -0.4 is 5.56 Å². The molecule has 0 amide bonds. The van der Waals surface area contributed by atoms with Gasteiger partial charge in [0.25, 0.3) is 0 Å². The van der Waals surface area contributed by atoms with Gasteiger partial charge in [0.2, 0.25) is 5.56 Å². The molecule has 1 aromatic heterocycles. The highest BCUT2D eigenvalue weighted by Crippen LogP contribution is 2.29. The number of aromatic amines is 1. The minimum Gasteiger partial charge on any atom is -0.322 e. The lowest BCUT2D eigenvalue weighted by atomic mass is 10.2. The van der Waals surface area contributed by atoms with Crippen LogP contribution in [0.4, 0.5) is 0 Å². The molecule has 0 radical (unpaired) electrons. The van der Waals surface area contributed by atoms with Crippen LogP contribution in [0, 0.1) is 0 Å². The zero-order chi connectivity index (χ0) is 10.1. The van der Waals surface area contributed by atoms with Gasteiger partial charge >= 0.3 is 0 Å². The molecule has 0 spiro atoms. The number of H-pyrrole nitrogens is 1. The molecule has 2 nitrogen and oxygen atoms in total. The normalized spacial score (nSPS) is 10.7. The molecule has 0 fully saturated rings. The van der Waals surface area contributed by atoms with Gasteiger partial charge in [0.1, 0.15) is 0 Å². The monoisotopic (exact) mass is 225 g/mol. The quantitative estimate of drug-likeness (QED) is 0.757. The van der Waals surface area contributed by atoms with E-state index in [1.807, 2.05) is 24.5 Å². The van der Waals surface area contributed by atoms with Crippen molar-refractivity contribution in [3.8, 4) is 0 Å². The van der Waals surface area contributed by atoms with E-state index in [9.17, 15) is 4.79 Å². The van der Waals surface area contributed by atoms with Crippen LogP contribution >= 0.6 is 23.4 Å². The number of pyridine rings is 1. The number of rotatable bonds is 1. The zero-order valence-corrected chi connectivity index (χ0v) is 9.08. The van der Waals surface area contributed by atoms with Gasteiger partial charge < -0.3 is 4.98 Å². The van der Waals surface area contributed by atoms with Crippen molar-refractivity contribution in [2.75, 3.05) is 6.26 Å². The maximum atomic E-state index is 11.2. The Bertz CT molecular complexity index is 535. The molecule has 72 valence electrons. The van der Waals surface area contributed by atoms with Gasteiger partial charge in [0.15, 0.2) is 0 Å². The van der Waals surface area contributed by atoms with Gasteiger partial charge in [-0.25, -0.2) is 0 Å². The van der Waals surface area contributed by atoms with E-state index in [1.165, 1.54) is 6.07 Å². The molecule has 0 atom stereocenters. The molecule has 0 aliphatic heterocycles. The van der Waals surface area contributed by atoms with Gasteiger partial charge in [-0.05, 0) is 18.4 Å². The van der Waals surface area contributed by atoms with Crippen LogP contribution in [0.25, 0.3) is 10.9 Å². The van der Waals surface area contributed by atoms with Crippen LogP contribution in [0.1, 0.15) is 0 Å². The second kappa shape index (κ2) is 3.67. The van der Waals surface area contributed by atoms with Crippen LogP contribution in [0.5, 0.6) is 0 Å². The Morgan fingerprint density at radius 1 is 1.43 bits per heavy atom. The van der Waals surface area contributed by atoms with Crippen LogP contribution in [-0.2, 0) is 0 Å². The third-order valence-electron chi connectivity index (χ3n) is 2.00. The molecule has 0 saturated carbocycles. The lowest BCUT2D eigenvalue weighted by Crippen LogP contribution is -2.03. The van der Waals surface area contributed by atoms with E-state index < -0.39 is 0 Å². The fraction of sp³-hybridized carbons (Fsp3) is 0.100. The Labute approximate surface area is 90.3 Å². The SMILES string of the molecule is CSc1cccc2[nH]c(=O)cc(Cl)c12. The minimum atomic E-state index is -0.166. The van der Waals surface area contributed by atoms with Crippen LogP contribution in [0.2, 0.25) is 5.02 Å². The highest BCUT2D eigenvalue weighted by molar-refractivity contribution is 7.98. The summed E-state index contributed by atoms with van der Waals surface area (Å²) in [5.41, 5.74) is 0.620. The summed E-state index contributed by atoms with van der Waals surface area (Å²) in [4.78, 5) is 15.0. The van der Waals surface area contributed by atoms with Gasteiger partial charge in [-0.3, -0.25) is 4.79 Å². The molecule has 0 bridgehead atoms. The number of hydrogen-bond acceptors (Lipinski definition) is 2. The highest BCUT2D eigenvalue weighted by atomic mass is 35.5. The molecule has 1 N–H and O–H groups in total. The average Bonchev–Trinajstić information content (AvgIpc) is 2.16. The predicted octanol–water partition coefficient (Wildman–Crippen LogP) is 2.90. The van der Waals surface area contributed by atoms with Crippen molar-refractivity contribution < 1.29 is 0 Å². The average molecular weight is 226 g/mol. The maximum Gasteiger partial charge on any atom is 0.249 e. The number of halogens is 1. The Morgan fingerprint density at radius 2 is 2.21 bits per heavy atom. The summed E-state index contributed by atoms with van der Waals surface area (Å²) in [6.45, 7) is 0. The molecule has 1 heterocycles. The van der Waals surface area contributed by atoms with Crippen molar-refractivity contribution in [3.63, 3.8) is 0 Å². The number of nitrogens with one attached hydrogen (secondary N) is 1. The van der Waals surface area contributed by atoms with Gasteiger partial charge in [-0.2, -0.15) is 0 Å². The van der Waals surface area contributed by atoms with Crippen molar-refractivity contribution in [2.45, 2.75) is 4.90 Å². The fourth-order valence-electron chi connectivity index (χ4n) is 1.41. The fourth-order valence-corrected chi connectivity index (χ4v) is 2.41. The summed E-state index contributed by atoms with van der Waals surface area (Å²) < 4.78 is 0. The van der Waals surface area contributed by atoms with Crippen molar-refractivity contribution in [3.05, 3.63) is 39.6 Å². The summed E-state index contributed by atoms with van der Waals surface area (Å²) in [7, 11) is 0. The largest absolute Gasteiger partial charge is 0.322 e. The van der Waals surface area contributed by atoms with Crippen LogP contribution in [-0.4, -0.2) is 11.2 Å². The lowest BCUT2D eigenvalue weighted by Gasteiger charge is -2.04. The first-order valence-corrected chi connectivity index (χ1v) is 5.68. The summed E-state index contributed by atoms with van der Waals surface area (Å²) in [6, 6.07) is 7.14. The lowest BCUT2D eigenvalue weighted by molar-refractivity contribution is 1.29. The summed E-state index contributed by atoms with van der Waals surface area (Å²) in [5.74, 6) is 0. The van der Waals surface area contributed by atoms with E-state index >= 15 is 0 Å². The Morgan fingerprint density at radius 3 is 2.93 bits per heavy atom. The molecular weight excluding hydrogens is 218 g/mol. The first-order valence-electron chi connectivity index (χ1n) is 4.08. The molecule has 2 rings (SSSR count). The van der Waals surface area contributed by atoms with E-state index in [0.717, 1.165) is 15.8 Å². The molecule has 0 aliphatic carbocycles. The Hall–Kier alpha value is -0.930. The number of aromatic nitrogens is 1. The molecule has 0 saturated heterocycles. The summed E-state index contributed by atoms with van der Waals surface area (Å²) >= 11 is 7.62. The van der Waals surface area contributed by atoms with E-state index in [1.54, 1.807) is 11.8 Å². The van der Waals surface area contributed by atoms with E-state index in [0.29, 0.717) is 5.02 Å². The molecule has 0 unspecified atom stereocenters. The Kier molecular flexibility index (Phi) is 2.52. The van der Waals surface area contributed by atoms with Crippen molar-refractivity contribution >= 4 is 34.3 Å². The smallest absolute Gasteiger partial charge is 0.249 e. The molecular formula is C10H8ClNOS. The van der Waals surface area contributed by atoms with Crippen LogP contribution in [0.15, 0.2) is 34.0 Å². The molecule has 0 aliphatic rings. The van der Waals surface area contributed by atoms with E-state index in [2.05, 4.69) is 4.98 Å². The third-order valence-corrected chi connectivity index (χ3v) is 3.08. The summed E-state index contributed by atoms with van der Waals surface area (Å²) in [5, 5.41) is 1.43. The van der Waals surface area contributed by atoms with Gasteiger partial charge in [0.05, 0.1) is 10.5 Å². The van der Waals surface area contributed by atoms with Gasteiger partial charge in [-0.1, -0.05) is 17.7 Å². The third kappa shape index (κ3) is 1.53. The second-order valence-electron chi connectivity index (χ2n) is 2.86. The molecule has 14 heavy (non-hydrogen) atoms. The van der Waals surface area contributed by atoms with Crippen molar-refractivity contribution in [1.82, 2.24) is 4.98 Å². The predicted molar refractivity (Wildman–Crippen MR) is 61.4 cm³/mol. The zero-order valence-electron chi connectivity index (χ0n) is 7.50. The number of thioether (sulfide) groups is 1. The van der Waals surface area contributed by atoms with Gasteiger partial charge in [-0.15, -0.1) is 11.8 Å². The van der Waals surface area contributed by atoms with Gasteiger partial charge in [0, 0.05) is 16.3 Å². The standard InChI is InChI=1S/C10H8ClNOS/c1-14-8-4-2-3-7-10(8)6(11)5-9(13)12-7/h2-5H,1H3,(H,12,13). The number of hydrogen-bond donors (Lipinski definition) is 1. The van der Waals surface area contributed by atoms with Crippen molar-refractivity contribution in [2.24, 2.45) is 0 Å². The second-order valence-corrected chi connectivity index (χ2v) is 4.12. The van der Waals surface area contributed by atoms with E-state index in [4.69, 9.17) is 11.6 Å². The minimum absolute atomic E-state index is 0.166.